The summed E-state index contributed by atoms with van der Waals surface area (Å²) < 4.78 is 5.77. The van der Waals surface area contributed by atoms with E-state index in [9.17, 15) is 0 Å². The number of benzene rings is 2. The molecule has 1 aliphatic rings. The lowest BCUT2D eigenvalue weighted by atomic mass is 9.81. The third kappa shape index (κ3) is 4.41. The van der Waals surface area contributed by atoms with Gasteiger partial charge in [-0.3, -0.25) is 0 Å². The molecule has 1 heteroatoms. The first-order chi connectivity index (χ1) is 11.8. The first kappa shape index (κ1) is 17.1. The van der Waals surface area contributed by atoms with Crippen molar-refractivity contribution in [3.8, 4) is 5.75 Å². The summed E-state index contributed by atoms with van der Waals surface area (Å²) in [6.07, 6.45) is 8.47. The molecule has 1 nitrogen and oxygen atoms in total. The van der Waals surface area contributed by atoms with Gasteiger partial charge in [0, 0.05) is 0 Å². The van der Waals surface area contributed by atoms with E-state index in [0.29, 0.717) is 0 Å². The van der Waals surface area contributed by atoms with Crippen molar-refractivity contribution in [3.63, 3.8) is 0 Å². The molecule has 0 aliphatic heterocycles. The molecule has 0 saturated heterocycles. The molecular weight excluding hydrogens is 292 g/mol. The van der Waals surface area contributed by atoms with Gasteiger partial charge in [-0.05, 0) is 85.3 Å². The van der Waals surface area contributed by atoms with Crippen LogP contribution in [0.5, 0.6) is 5.75 Å². The van der Waals surface area contributed by atoms with Crippen molar-refractivity contribution in [2.75, 3.05) is 6.61 Å². The minimum Gasteiger partial charge on any atom is -0.494 e. The highest BCUT2D eigenvalue weighted by Gasteiger charge is 2.19. The summed E-state index contributed by atoms with van der Waals surface area (Å²) in [6, 6.07) is 15.9. The van der Waals surface area contributed by atoms with E-state index in [1.165, 1.54) is 54.4 Å². The molecule has 1 unspecified atom stereocenters. The van der Waals surface area contributed by atoms with Gasteiger partial charge in [0.15, 0.2) is 0 Å². The highest BCUT2D eigenvalue weighted by molar-refractivity contribution is 5.37. The van der Waals surface area contributed by atoms with Crippen LogP contribution in [-0.2, 0) is 25.7 Å². The maximum Gasteiger partial charge on any atom is 0.119 e. The predicted molar refractivity (Wildman–Crippen MR) is 102 cm³/mol. The fourth-order valence-electron chi connectivity index (χ4n) is 3.68. The highest BCUT2D eigenvalue weighted by atomic mass is 16.5. The molecule has 1 aliphatic carbocycles. The molecule has 128 valence electrons. The molecule has 0 saturated carbocycles. The fraction of sp³-hybridized carbons (Fsp3) is 0.478. The standard InChI is InChI=1S/C23H30O/c1-3-15-24-23-14-13-21-16-20(11-12-22(21)17-23)10-9-19-7-5-18(4-2)6-8-19/h5-8,13-14,17,20H,3-4,9-12,15-16H2,1-2H3. The van der Waals surface area contributed by atoms with Crippen LogP contribution in [0.4, 0.5) is 0 Å². The number of aryl methyl sites for hydroxylation is 3. The van der Waals surface area contributed by atoms with Gasteiger partial charge in [-0.1, -0.05) is 44.2 Å². The number of hydrogen-bond acceptors (Lipinski definition) is 1. The van der Waals surface area contributed by atoms with Gasteiger partial charge in [-0.15, -0.1) is 0 Å². The Kier molecular flexibility index (Phi) is 5.96. The normalized spacial score (nSPS) is 16.7. The lowest BCUT2D eigenvalue weighted by molar-refractivity contribution is 0.316. The molecule has 0 heterocycles. The molecule has 0 spiro atoms. The van der Waals surface area contributed by atoms with E-state index in [4.69, 9.17) is 4.74 Å². The second kappa shape index (κ2) is 8.37. The van der Waals surface area contributed by atoms with Gasteiger partial charge >= 0.3 is 0 Å². The van der Waals surface area contributed by atoms with Gasteiger partial charge in [-0.25, -0.2) is 0 Å². The van der Waals surface area contributed by atoms with Gasteiger partial charge in [0.05, 0.1) is 6.61 Å². The minimum atomic E-state index is 0.818. The van der Waals surface area contributed by atoms with Gasteiger partial charge < -0.3 is 4.74 Å². The third-order valence-corrected chi connectivity index (χ3v) is 5.25. The quantitative estimate of drug-likeness (QED) is 0.628. The smallest absolute Gasteiger partial charge is 0.119 e. The summed E-state index contributed by atoms with van der Waals surface area (Å²) in [6.45, 7) is 5.18. The lowest BCUT2D eigenvalue weighted by Crippen LogP contribution is -2.15. The summed E-state index contributed by atoms with van der Waals surface area (Å²) >= 11 is 0. The second-order valence-electron chi connectivity index (χ2n) is 7.10. The van der Waals surface area contributed by atoms with Crippen LogP contribution in [0.25, 0.3) is 0 Å². The van der Waals surface area contributed by atoms with Crippen LogP contribution in [0.3, 0.4) is 0 Å². The van der Waals surface area contributed by atoms with Crippen LogP contribution >= 0.6 is 0 Å². The van der Waals surface area contributed by atoms with Crippen molar-refractivity contribution in [1.82, 2.24) is 0 Å². The zero-order valence-electron chi connectivity index (χ0n) is 15.2. The van der Waals surface area contributed by atoms with Gasteiger partial charge in [-0.2, -0.15) is 0 Å². The highest BCUT2D eigenvalue weighted by Crippen LogP contribution is 2.31. The van der Waals surface area contributed by atoms with Crippen LogP contribution in [0.2, 0.25) is 0 Å². The van der Waals surface area contributed by atoms with Crippen LogP contribution in [0.15, 0.2) is 42.5 Å². The monoisotopic (exact) mass is 322 g/mol. The average Bonchev–Trinajstić information content (AvgIpc) is 2.64. The lowest BCUT2D eigenvalue weighted by Gasteiger charge is -2.25. The van der Waals surface area contributed by atoms with Crippen molar-refractivity contribution in [2.45, 2.75) is 58.8 Å². The maximum atomic E-state index is 5.77. The average molecular weight is 322 g/mol. The summed E-state index contributed by atoms with van der Waals surface area (Å²) in [4.78, 5) is 0. The zero-order chi connectivity index (χ0) is 16.8. The Morgan fingerprint density at radius 2 is 1.75 bits per heavy atom. The zero-order valence-corrected chi connectivity index (χ0v) is 15.2. The van der Waals surface area contributed by atoms with Crippen molar-refractivity contribution < 1.29 is 4.74 Å². The Hall–Kier alpha value is -1.76. The van der Waals surface area contributed by atoms with Crippen LogP contribution in [-0.4, -0.2) is 6.61 Å². The number of fused-ring (bicyclic) bond motifs is 1. The van der Waals surface area contributed by atoms with E-state index < -0.39 is 0 Å². The van der Waals surface area contributed by atoms with Gasteiger partial charge in [0.1, 0.15) is 5.75 Å². The number of hydrogen-bond donors (Lipinski definition) is 0. The summed E-state index contributed by atoms with van der Waals surface area (Å²) in [5.74, 6) is 1.87. The van der Waals surface area contributed by atoms with Crippen molar-refractivity contribution in [3.05, 3.63) is 64.7 Å². The first-order valence-corrected chi connectivity index (χ1v) is 9.61. The summed E-state index contributed by atoms with van der Waals surface area (Å²) in [5.41, 5.74) is 5.97. The third-order valence-electron chi connectivity index (χ3n) is 5.25. The SMILES string of the molecule is CCCOc1ccc2c(c1)CCC(CCc1ccc(CC)cc1)C2. The number of ether oxygens (including phenoxy) is 1. The molecule has 0 aromatic heterocycles. The maximum absolute atomic E-state index is 5.77. The molecule has 0 amide bonds. The van der Waals surface area contributed by atoms with Crippen molar-refractivity contribution >= 4 is 0 Å². The molecule has 0 N–H and O–H groups in total. The van der Waals surface area contributed by atoms with Crippen LogP contribution < -0.4 is 4.74 Å². The van der Waals surface area contributed by atoms with E-state index in [2.05, 4.69) is 56.3 Å². The Morgan fingerprint density at radius 3 is 2.50 bits per heavy atom. The molecule has 2 aromatic carbocycles. The Balaban J connectivity index is 1.54. The molecule has 3 rings (SSSR count). The molecule has 2 aromatic rings. The Morgan fingerprint density at radius 1 is 0.958 bits per heavy atom. The van der Waals surface area contributed by atoms with Crippen molar-refractivity contribution in [1.29, 1.82) is 0 Å². The Labute approximate surface area is 147 Å². The Bertz CT molecular complexity index is 642. The van der Waals surface area contributed by atoms with Gasteiger partial charge in [0.25, 0.3) is 0 Å². The van der Waals surface area contributed by atoms with E-state index in [0.717, 1.165) is 31.1 Å². The van der Waals surface area contributed by atoms with E-state index in [-0.39, 0.29) is 0 Å². The van der Waals surface area contributed by atoms with Gasteiger partial charge in [0.2, 0.25) is 0 Å². The first-order valence-electron chi connectivity index (χ1n) is 9.61. The summed E-state index contributed by atoms with van der Waals surface area (Å²) in [5, 5.41) is 0. The second-order valence-corrected chi connectivity index (χ2v) is 7.10. The molecule has 0 fully saturated rings. The van der Waals surface area contributed by atoms with E-state index in [1.807, 2.05) is 0 Å². The molecule has 0 bridgehead atoms. The van der Waals surface area contributed by atoms with E-state index in [1.54, 1.807) is 0 Å². The molecule has 24 heavy (non-hydrogen) atoms. The van der Waals surface area contributed by atoms with Crippen LogP contribution in [0, 0.1) is 5.92 Å². The predicted octanol–water partition coefficient (Wildman–Crippen LogP) is 5.78. The molecule has 1 atom stereocenters. The van der Waals surface area contributed by atoms with Crippen LogP contribution in [0.1, 0.15) is 55.4 Å². The summed E-state index contributed by atoms with van der Waals surface area (Å²) in [7, 11) is 0. The topological polar surface area (TPSA) is 9.23 Å². The molecule has 0 radical (unpaired) electrons. The molecular formula is C23H30O. The van der Waals surface area contributed by atoms with E-state index >= 15 is 0 Å². The minimum absolute atomic E-state index is 0.818. The number of rotatable bonds is 7. The van der Waals surface area contributed by atoms with Crippen molar-refractivity contribution in [2.24, 2.45) is 5.92 Å². The fourth-order valence-corrected chi connectivity index (χ4v) is 3.68. The largest absolute Gasteiger partial charge is 0.494 e.